The van der Waals surface area contributed by atoms with Crippen LogP contribution in [0.15, 0.2) is 24.0 Å². The van der Waals surface area contributed by atoms with Crippen LogP contribution in [0.5, 0.6) is 0 Å². The Morgan fingerprint density at radius 3 is 2.59 bits per heavy atom. The number of ketones is 1. The fourth-order valence-corrected chi connectivity index (χ4v) is 1.32. The standard InChI is InChI=1S/C12H13FN2O2/c1-8(6-15(2)3)12(17)11-10(13)4-9(7-16)5-14-11/h4-7H,1-3H3/b8-6+. The minimum absolute atomic E-state index is 0.105. The van der Waals surface area contributed by atoms with Gasteiger partial charge in [0.2, 0.25) is 5.78 Å². The third-order valence-corrected chi connectivity index (χ3v) is 2.02. The molecule has 0 spiro atoms. The number of rotatable bonds is 4. The number of carbonyl (C=O) groups is 2. The lowest BCUT2D eigenvalue weighted by atomic mass is 10.1. The summed E-state index contributed by atoms with van der Waals surface area (Å²) in [5.74, 6) is -1.28. The van der Waals surface area contributed by atoms with Gasteiger partial charge in [-0.25, -0.2) is 9.37 Å². The third-order valence-electron chi connectivity index (χ3n) is 2.02. The summed E-state index contributed by atoms with van der Waals surface area (Å²) in [5, 5.41) is 0. The van der Waals surface area contributed by atoms with Gasteiger partial charge in [0, 0.05) is 37.6 Å². The van der Waals surface area contributed by atoms with Crippen LogP contribution in [0.2, 0.25) is 0 Å². The Bertz CT molecular complexity index is 481. The van der Waals surface area contributed by atoms with Crippen LogP contribution in [0, 0.1) is 5.82 Å². The molecule has 1 rings (SSSR count). The minimum atomic E-state index is -0.786. The molecule has 0 bridgehead atoms. The number of hydrogen-bond donors (Lipinski definition) is 0. The molecule has 0 aliphatic carbocycles. The molecule has 0 aliphatic rings. The van der Waals surface area contributed by atoms with E-state index < -0.39 is 11.6 Å². The second-order valence-corrected chi connectivity index (χ2v) is 3.82. The Morgan fingerprint density at radius 1 is 1.47 bits per heavy atom. The summed E-state index contributed by atoms with van der Waals surface area (Å²) in [5.41, 5.74) is 0.208. The van der Waals surface area contributed by atoms with Crippen molar-refractivity contribution in [3.8, 4) is 0 Å². The maximum Gasteiger partial charge on any atom is 0.211 e. The first kappa shape index (κ1) is 13.0. The molecule has 0 radical (unpaired) electrons. The molecule has 17 heavy (non-hydrogen) atoms. The maximum absolute atomic E-state index is 13.5. The first-order valence-electron chi connectivity index (χ1n) is 4.96. The van der Waals surface area contributed by atoms with Gasteiger partial charge in [0.1, 0.15) is 5.69 Å². The van der Waals surface area contributed by atoms with Crippen LogP contribution in [0.1, 0.15) is 27.8 Å². The van der Waals surface area contributed by atoms with Gasteiger partial charge in [-0.05, 0) is 13.0 Å². The summed E-state index contributed by atoms with van der Waals surface area (Å²) in [6, 6.07) is 0.996. The van der Waals surface area contributed by atoms with Gasteiger partial charge >= 0.3 is 0 Å². The summed E-state index contributed by atoms with van der Waals surface area (Å²) in [7, 11) is 3.52. The van der Waals surface area contributed by atoms with Crippen LogP contribution in [-0.4, -0.2) is 36.0 Å². The van der Waals surface area contributed by atoms with Crippen molar-refractivity contribution in [3.05, 3.63) is 41.1 Å². The third kappa shape index (κ3) is 3.21. The Kier molecular flexibility index (Phi) is 4.09. The fourth-order valence-electron chi connectivity index (χ4n) is 1.32. The molecule has 0 amide bonds. The summed E-state index contributed by atoms with van der Waals surface area (Å²) in [4.78, 5) is 27.6. The van der Waals surface area contributed by atoms with Crippen LogP contribution in [0.25, 0.3) is 0 Å². The zero-order valence-electron chi connectivity index (χ0n) is 9.90. The van der Waals surface area contributed by atoms with E-state index in [0.29, 0.717) is 11.9 Å². The highest BCUT2D eigenvalue weighted by molar-refractivity contribution is 6.07. The molecule has 1 aromatic rings. The molecule has 0 saturated carbocycles. The topological polar surface area (TPSA) is 50.3 Å². The zero-order valence-corrected chi connectivity index (χ0v) is 9.90. The highest BCUT2D eigenvalue weighted by atomic mass is 19.1. The van der Waals surface area contributed by atoms with Crippen molar-refractivity contribution in [1.29, 1.82) is 0 Å². The minimum Gasteiger partial charge on any atom is -0.383 e. The number of hydrogen-bond acceptors (Lipinski definition) is 4. The molecule has 0 fully saturated rings. The summed E-state index contributed by atoms with van der Waals surface area (Å²) in [6.45, 7) is 1.58. The average molecular weight is 236 g/mol. The van der Waals surface area contributed by atoms with E-state index in [1.807, 2.05) is 0 Å². The molecular formula is C12H13FN2O2. The average Bonchev–Trinajstić information content (AvgIpc) is 2.27. The Morgan fingerprint density at radius 2 is 2.12 bits per heavy atom. The van der Waals surface area contributed by atoms with Crippen LogP contribution < -0.4 is 0 Å². The first-order chi connectivity index (χ1) is 7.95. The molecule has 0 atom stereocenters. The van der Waals surface area contributed by atoms with Crippen molar-refractivity contribution in [1.82, 2.24) is 9.88 Å². The second kappa shape index (κ2) is 5.34. The van der Waals surface area contributed by atoms with Gasteiger partial charge in [0.05, 0.1) is 0 Å². The largest absolute Gasteiger partial charge is 0.383 e. The number of nitrogens with zero attached hydrogens (tertiary/aromatic N) is 2. The Hall–Kier alpha value is -2.04. The number of Topliss-reactive ketones (excluding diaryl/α,β-unsaturated/α-hetero) is 1. The molecule has 1 heterocycles. The lowest BCUT2D eigenvalue weighted by Gasteiger charge is -2.07. The van der Waals surface area contributed by atoms with Crippen LogP contribution in [-0.2, 0) is 0 Å². The smallest absolute Gasteiger partial charge is 0.211 e. The molecule has 4 nitrogen and oxygen atoms in total. The molecule has 90 valence electrons. The number of allylic oxidation sites excluding steroid dienone is 1. The van der Waals surface area contributed by atoms with Gasteiger partial charge in [-0.1, -0.05) is 0 Å². The molecule has 0 N–H and O–H groups in total. The number of halogens is 1. The lowest BCUT2D eigenvalue weighted by molar-refractivity contribution is 0.102. The molecule has 5 heteroatoms. The SMILES string of the molecule is C/C(=C\N(C)C)C(=O)c1ncc(C=O)cc1F. The molecule has 0 unspecified atom stereocenters. The lowest BCUT2D eigenvalue weighted by Crippen LogP contribution is -2.11. The predicted molar refractivity (Wildman–Crippen MR) is 61.4 cm³/mol. The highest BCUT2D eigenvalue weighted by Crippen LogP contribution is 2.11. The van der Waals surface area contributed by atoms with E-state index in [9.17, 15) is 14.0 Å². The number of aromatic nitrogens is 1. The Labute approximate surface area is 98.8 Å². The summed E-state index contributed by atoms with van der Waals surface area (Å²) in [6.07, 6.45) is 3.23. The summed E-state index contributed by atoms with van der Waals surface area (Å²) < 4.78 is 13.5. The highest BCUT2D eigenvalue weighted by Gasteiger charge is 2.15. The molecule has 1 aromatic heterocycles. The van der Waals surface area contributed by atoms with Gasteiger partial charge in [0.15, 0.2) is 12.1 Å². The van der Waals surface area contributed by atoms with E-state index in [4.69, 9.17) is 0 Å². The molecular weight excluding hydrogens is 223 g/mol. The fraction of sp³-hybridized carbons (Fsp3) is 0.250. The first-order valence-corrected chi connectivity index (χ1v) is 4.96. The van der Waals surface area contributed by atoms with Gasteiger partial charge in [-0.2, -0.15) is 0 Å². The monoisotopic (exact) mass is 236 g/mol. The number of carbonyl (C=O) groups excluding carboxylic acids is 2. The van der Waals surface area contributed by atoms with Gasteiger partial charge in [-0.3, -0.25) is 9.59 Å². The van der Waals surface area contributed by atoms with Gasteiger partial charge in [-0.15, -0.1) is 0 Å². The summed E-state index contributed by atoms with van der Waals surface area (Å²) >= 11 is 0. The predicted octanol–water partition coefficient (Wildman–Crippen LogP) is 1.68. The quantitative estimate of drug-likeness (QED) is 0.453. The van der Waals surface area contributed by atoms with Crippen molar-refractivity contribution in [2.45, 2.75) is 6.92 Å². The maximum atomic E-state index is 13.5. The van der Waals surface area contributed by atoms with Crippen LogP contribution in [0.4, 0.5) is 4.39 Å². The van der Waals surface area contributed by atoms with E-state index in [1.54, 1.807) is 32.1 Å². The van der Waals surface area contributed by atoms with Crippen molar-refractivity contribution in [2.24, 2.45) is 0 Å². The van der Waals surface area contributed by atoms with Gasteiger partial charge in [0.25, 0.3) is 0 Å². The Balaban J connectivity index is 3.09. The molecule has 0 aromatic carbocycles. The van der Waals surface area contributed by atoms with Crippen LogP contribution in [0.3, 0.4) is 0 Å². The van der Waals surface area contributed by atoms with Crippen molar-refractivity contribution >= 4 is 12.1 Å². The molecule has 0 saturated heterocycles. The second-order valence-electron chi connectivity index (χ2n) is 3.82. The number of aldehydes is 1. The van der Waals surface area contributed by atoms with E-state index in [2.05, 4.69) is 4.98 Å². The number of pyridine rings is 1. The van der Waals surface area contributed by atoms with E-state index in [-0.39, 0.29) is 11.3 Å². The van der Waals surface area contributed by atoms with E-state index in [0.717, 1.165) is 6.07 Å². The zero-order chi connectivity index (χ0) is 13.0. The van der Waals surface area contributed by atoms with E-state index >= 15 is 0 Å². The van der Waals surface area contributed by atoms with E-state index in [1.165, 1.54) is 6.20 Å². The van der Waals surface area contributed by atoms with Crippen molar-refractivity contribution in [2.75, 3.05) is 14.1 Å². The molecule has 0 aliphatic heterocycles. The van der Waals surface area contributed by atoms with Crippen molar-refractivity contribution in [3.63, 3.8) is 0 Å². The van der Waals surface area contributed by atoms with Crippen molar-refractivity contribution < 1.29 is 14.0 Å². The normalized spacial score (nSPS) is 11.2. The van der Waals surface area contributed by atoms with Crippen LogP contribution >= 0.6 is 0 Å². The van der Waals surface area contributed by atoms with Gasteiger partial charge < -0.3 is 4.90 Å².